The number of ether oxygens (including phenoxy) is 1. The lowest BCUT2D eigenvalue weighted by Crippen LogP contribution is -2.16. The van der Waals surface area contributed by atoms with Crippen LogP contribution >= 0.6 is 23.1 Å². The summed E-state index contributed by atoms with van der Waals surface area (Å²) >= 11 is 2.47. The third kappa shape index (κ3) is 7.19. The van der Waals surface area contributed by atoms with Crippen molar-refractivity contribution in [2.75, 3.05) is 17.7 Å². The molecule has 6 nitrogen and oxygen atoms in total. The van der Waals surface area contributed by atoms with Gasteiger partial charge in [-0.2, -0.15) is 13.2 Å². The Labute approximate surface area is 161 Å². The third-order valence-electron chi connectivity index (χ3n) is 3.07. The normalized spacial score (nSPS) is 11.4. The van der Waals surface area contributed by atoms with Gasteiger partial charge < -0.3 is 10.5 Å². The number of rotatable bonds is 8. The summed E-state index contributed by atoms with van der Waals surface area (Å²) in [6.45, 7) is 0.230. The number of carbonyl (C=O) groups excluding carboxylic acids is 2. The van der Waals surface area contributed by atoms with Crippen molar-refractivity contribution in [3.05, 3.63) is 41.1 Å². The molecule has 0 aliphatic heterocycles. The van der Waals surface area contributed by atoms with Gasteiger partial charge >= 0.3 is 6.18 Å². The number of anilines is 1. The maximum atomic E-state index is 12.3. The maximum absolute atomic E-state index is 12.3. The summed E-state index contributed by atoms with van der Waals surface area (Å²) in [4.78, 5) is 27.3. The van der Waals surface area contributed by atoms with Crippen molar-refractivity contribution in [1.82, 2.24) is 4.98 Å². The van der Waals surface area contributed by atoms with Crippen LogP contribution in [0.25, 0.3) is 0 Å². The molecule has 146 valence electrons. The van der Waals surface area contributed by atoms with Crippen molar-refractivity contribution in [2.24, 2.45) is 5.73 Å². The largest absolute Gasteiger partial charge is 0.411 e. The average Bonchev–Trinajstić information content (AvgIpc) is 2.91. The molecule has 1 aromatic carbocycles. The van der Waals surface area contributed by atoms with Crippen LogP contribution in [-0.2, 0) is 16.1 Å². The van der Waals surface area contributed by atoms with Crippen LogP contribution in [0.2, 0.25) is 0 Å². The second-order valence-corrected chi connectivity index (χ2v) is 7.65. The molecular weight excluding hydrogens is 403 g/mol. The molecule has 0 spiro atoms. The number of benzene rings is 1. The Morgan fingerprint density at radius 2 is 1.96 bits per heavy atom. The lowest BCUT2D eigenvalue weighted by atomic mass is 10.1. The van der Waals surface area contributed by atoms with E-state index >= 15 is 0 Å². The number of halogens is 3. The van der Waals surface area contributed by atoms with Crippen molar-refractivity contribution >= 4 is 40.0 Å². The van der Waals surface area contributed by atoms with Crippen molar-refractivity contribution < 1.29 is 27.5 Å². The zero-order valence-electron chi connectivity index (χ0n) is 14.1. The minimum absolute atomic E-state index is 0.119. The maximum Gasteiger partial charge on any atom is 0.411 e. The molecule has 0 fully saturated rings. The molecule has 0 aliphatic rings. The first-order chi connectivity index (χ1) is 12.6. The molecule has 0 saturated heterocycles. The second kappa shape index (κ2) is 9.20. The molecule has 3 N–H and O–H groups in total. The number of thiazole rings is 1. The van der Waals surface area contributed by atoms with Gasteiger partial charge in [0.05, 0.1) is 22.3 Å². The molecule has 11 heteroatoms. The number of alkyl halides is 3. The van der Waals surface area contributed by atoms with E-state index < -0.39 is 24.6 Å². The second-order valence-electron chi connectivity index (χ2n) is 5.41. The van der Waals surface area contributed by atoms with Crippen LogP contribution < -0.4 is 11.1 Å². The molecule has 1 aromatic heterocycles. The van der Waals surface area contributed by atoms with Gasteiger partial charge in [0.25, 0.3) is 5.91 Å². The van der Waals surface area contributed by atoms with Gasteiger partial charge in [-0.15, -0.1) is 11.8 Å². The molecule has 1 heterocycles. The summed E-state index contributed by atoms with van der Waals surface area (Å²) < 4.78 is 41.5. The van der Waals surface area contributed by atoms with Gasteiger partial charge in [0.2, 0.25) is 5.91 Å². The molecule has 2 amide bonds. The number of amides is 2. The fourth-order valence-electron chi connectivity index (χ4n) is 1.91. The van der Waals surface area contributed by atoms with Crippen molar-refractivity contribution in [3.8, 4) is 0 Å². The molecule has 27 heavy (non-hydrogen) atoms. The number of primary amides is 1. The standard InChI is InChI=1S/C16H16F3N3O3S2/c1-9-14(26-7-12(20)23)27-15(21-9)22-13(24)11-4-2-10(3-5-11)6-25-8-16(17,18)19/h2-5H,6-8H2,1H3,(H2,20,23)(H,21,22,24). The summed E-state index contributed by atoms with van der Waals surface area (Å²) in [7, 11) is 0. The quantitative estimate of drug-likeness (QED) is 0.640. The van der Waals surface area contributed by atoms with Crippen LogP contribution in [-0.4, -0.2) is 35.3 Å². The molecule has 0 bridgehead atoms. The number of aryl methyl sites for hydroxylation is 1. The minimum atomic E-state index is -4.37. The third-order valence-corrected chi connectivity index (χ3v) is 5.53. The van der Waals surface area contributed by atoms with E-state index in [2.05, 4.69) is 15.0 Å². The van der Waals surface area contributed by atoms with Crippen LogP contribution in [0.15, 0.2) is 28.5 Å². The number of nitrogens with zero attached hydrogens (tertiary/aromatic N) is 1. The molecule has 0 aliphatic carbocycles. The van der Waals surface area contributed by atoms with Gasteiger partial charge in [-0.1, -0.05) is 23.5 Å². The molecule has 0 atom stereocenters. The van der Waals surface area contributed by atoms with Crippen LogP contribution in [0.1, 0.15) is 21.6 Å². The van der Waals surface area contributed by atoms with E-state index in [1.165, 1.54) is 47.4 Å². The summed E-state index contributed by atoms with van der Waals surface area (Å²) in [6, 6.07) is 6.02. The molecule has 2 rings (SSSR count). The smallest absolute Gasteiger partial charge is 0.369 e. The van der Waals surface area contributed by atoms with E-state index in [0.29, 0.717) is 22.0 Å². The highest BCUT2D eigenvalue weighted by Gasteiger charge is 2.27. The predicted octanol–water partition coefficient (Wildman–Crippen LogP) is 3.36. The lowest BCUT2D eigenvalue weighted by molar-refractivity contribution is -0.176. The van der Waals surface area contributed by atoms with Gasteiger partial charge in [0.1, 0.15) is 6.61 Å². The van der Waals surface area contributed by atoms with E-state index in [9.17, 15) is 22.8 Å². The monoisotopic (exact) mass is 419 g/mol. The molecule has 0 unspecified atom stereocenters. The van der Waals surface area contributed by atoms with Crippen molar-refractivity contribution in [1.29, 1.82) is 0 Å². The number of hydrogen-bond donors (Lipinski definition) is 2. The Balaban J connectivity index is 1.92. The predicted molar refractivity (Wildman–Crippen MR) is 96.9 cm³/mol. The minimum Gasteiger partial charge on any atom is -0.369 e. The van der Waals surface area contributed by atoms with E-state index in [1.807, 2.05) is 0 Å². The highest BCUT2D eigenvalue weighted by atomic mass is 32.2. The Bertz CT molecular complexity index is 807. The summed E-state index contributed by atoms with van der Waals surface area (Å²) in [5.74, 6) is -0.732. The SMILES string of the molecule is Cc1nc(NC(=O)c2ccc(COCC(F)(F)F)cc2)sc1SCC(N)=O. The average molecular weight is 419 g/mol. The summed E-state index contributed by atoms with van der Waals surface area (Å²) in [5.41, 5.74) is 6.63. The lowest BCUT2D eigenvalue weighted by Gasteiger charge is -2.08. The molecule has 2 aromatic rings. The Morgan fingerprint density at radius 3 is 2.56 bits per heavy atom. The summed E-state index contributed by atoms with van der Waals surface area (Å²) in [5, 5.41) is 3.03. The summed E-state index contributed by atoms with van der Waals surface area (Å²) in [6.07, 6.45) is -4.37. The van der Waals surface area contributed by atoms with Crippen molar-refractivity contribution in [2.45, 2.75) is 23.9 Å². The number of nitrogens with one attached hydrogen (secondary N) is 1. The fourth-order valence-corrected chi connectivity index (χ4v) is 3.79. The van der Waals surface area contributed by atoms with E-state index in [0.717, 1.165) is 4.21 Å². The Kier molecular flexibility index (Phi) is 7.22. The first kappa shape index (κ1) is 21.2. The van der Waals surface area contributed by atoms with E-state index in [-0.39, 0.29) is 12.4 Å². The van der Waals surface area contributed by atoms with Crippen molar-refractivity contribution in [3.63, 3.8) is 0 Å². The number of aromatic nitrogens is 1. The van der Waals surface area contributed by atoms with Gasteiger partial charge in [-0.05, 0) is 24.6 Å². The number of thioether (sulfide) groups is 1. The van der Waals surface area contributed by atoms with Gasteiger partial charge in [-0.25, -0.2) is 4.98 Å². The molecule has 0 radical (unpaired) electrons. The van der Waals surface area contributed by atoms with Crippen LogP contribution in [0, 0.1) is 6.92 Å². The van der Waals surface area contributed by atoms with Gasteiger partial charge in [0, 0.05) is 5.56 Å². The van der Waals surface area contributed by atoms with Gasteiger partial charge in [-0.3, -0.25) is 14.9 Å². The van der Waals surface area contributed by atoms with E-state index in [4.69, 9.17) is 5.73 Å². The van der Waals surface area contributed by atoms with E-state index in [1.54, 1.807) is 6.92 Å². The molecule has 0 saturated carbocycles. The highest BCUT2D eigenvalue weighted by Crippen LogP contribution is 2.32. The zero-order chi connectivity index (χ0) is 20.0. The zero-order valence-corrected chi connectivity index (χ0v) is 15.8. The van der Waals surface area contributed by atoms with Crippen LogP contribution in [0.4, 0.5) is 18.3 Å². The van der Waals surface area contributed by atoms with Crippen LogP contribution in [0.5, 0.6) is 0 Å². The first-order valence-electron chi connectivity index (χ1n) is 7.57. The van der Waals surface area contributed by atoms with Gasteiger partial charge in [0.15, 0.2) is 5.13 Å². The molecular formula is C16H16F3N3O3S2. The number of hydrogen-bond acceptors (Lipinski definition) is 6. The Morgan fingerprint density at radius 1 is 1.30 bits per heavy atom. The van der Waals surface area contributed by atoms with Crippen LogP contribution in [0.3, 0.4) is 0 Å². The number of nitrogens with two attached hydrogens (primary N) is 1. The number of carbonyl (C=O) groups is 2. The topological polar surface area (TPSA) is 94.3 Å². The fraction of sp³-hybridized carbons (Fsp3) is 0.312. The highest BCUT2D eigenvalue weighted by molar-refractivity contribution is 8.01. The Hall–Kier alpha value is -2.11. The first-order valence-corrected chi connectivity index (χ1v) is 9.37.